The molecule has 7 heteroatoms. The second-order valence-corrected chi connectivity index (χ2v) is 7.19. The van der Waals surface area contributed by atoms with E-state index in [9.17, 15) is 4.79 Å². The third-order valence-electron chi connectivity index (χ3n) is 3.73. The normalized spacial score (nSPS) is 11.9. The van der Waals surface area contributed by atoms with Crippen molar-refractivity contribution in [3.05, 3.63) is 10.0 Å². The Morgan fingerprint density at radius 1 is 1.24 bits per heavy atom. The lowest BCUT2D eigenvalue weighted by Gasteiger charge is -2.28. The first-order valence-corrected chi connectivity index (χ1v) is 7.92. The molecule has 1 aromatic rings. The quantitative estimate of drug-likeness (QED) is 0.838. The van der Waals surface area contributed by atoms with E-state index in [0.717, 1.165) is 22.9 Å². The van der Waals surface area contributed by atoms with Crippen molar-refractivity contribution in [3.8, 4) is 0 Å². The number of hydrogen-bond acceptors (Lipinski definition) is 5. The molecule has 3 N–H and O–H groups in total. The van der Waals surface area contributed by atoms with Crippen LogP contribution in [0.2, 0.25) is 0 Å². The molecule has 0 atom stereocenters. The third kappa shape index (κ3) is 4.90. The number of amides is 1. The number of carbonyl (C=O) groups excluding carboxylic acids is 1. The van der Waals surface area contributed by atoms with Gasteiger partial charge in [-0.25, -0.2) is 0 Å². The predicted octanol–water partition coefficient (Wildman–Crippen LogP) is 2.64. The molecule has 0 bridgehead atoms. The van der Waals surface area contributed by atoms with E-state index in [-0.39, 0.29) is 23.7 Å². The van der Waals surface area contributed by atoms with Gasteiger partial charge < -0.3 is 11.1 Å². The van der Waals surface area contributed by atoms with Crippen LogP contribution < -0.4 is 11.1 Å². The van der Waals surface area contributed by atoms with E-state index in [2.05, 4.69) is 36.3 Å². The van der Waals surface area contributed by atoms with Crippen molar-refractivity contribution in [3.63, 3.8) is 0 Å². The maximum Gasteiger partial charge on any atom is 0.227 e. The highest BCUT2D eigenvalue weighted by atomic mass is 35.5. The Morgan fingerprint density at radius 3 is 2.19 bits per heavy atom. The molecule has 1 aromatic heterocycles. The first-order valence-electron chi connectivity index (χ1n) is 7.10. The number of carbonyl (C=O) groups is 1. The Morgan fingerprint density at radius 2 is 1.81 bits per heavy atom. The zero-order chi connectivity index (χ0) is 15.4. The second-order valence-electron chi connectivity index (χ2n) is 6.13. The molecule has 1 rings (SSSR count). The summed E-state index contributed by atoms with van der Waals surface area (Å²) >= 11 is 1.55. The van der Waals surface area contributed by atoms with E-state index < -0.39 is 5.41 Å². The van der Waals surface area contributed by atoms with Gasteiger partial charge in [0.2, 0.25) is 5.91 Å². The fourth-order valence-electron chi connectivity index (χ4n) is 1.92. The molecule has 0 unspecified atom stereocenters. The number of aromatic nitrogens is 2. The summed E-state index contributed by atoms with van der Waals surface area (Å²) in [6.45, 7) is 11.1. The molecule has 0 aliphatic carbocycles. The molecule has 122 valence electrons. The summed E-state index contributed by atoms with van der Waals surface area (Å²) in [5, 5.41) is 13.1. The van der Waals surface area contributed by atoms with Crippen molar-refractivity contribution in [1.29, 1.82) is 0 Å². The van der Waals surface area contributed by atoms with Crippen LogP contribution in [0.25, 0.3) is 0 Å². The number of halogens is 1. The summed E-state index contributed by atoms with van der Waals surface area (Å²) in [7, 11) is 0. The standard InChI is InChI=1S/C14H26N4OS.ClH/c1-6-14(7-2,9-15)11(19)16-8-10-17-18-12(20-10)13(3,4)5;/h6-9,15H2,1-5H3,(H,16,19);1H. The smallest absolute Gasteiger partial charge is 0.227 e. The lowest BCUT2D eigenvalue weighted by molar-refractivity contribution is -0.131. The van der Waals surface area contributed by atoms with Crippen molar-refractivity contribution in [2.75, 3.05) is 6.54 Å². The molecular formula is C14H27ClN4OS. The molecular weight excluding hydrogens is 308 g/mol. The fourth-order valence-corrected chi connectivity index (χ4v) is 2.76. The van der Waals surface area contributed by atoms with Crippen LogP contribution in [0.4, 0.5) is 0 Å². The number of nitrogens with two attached hydrogens (primary N) is 1. The van der Waals surface area contributed by atoms with Crippen LogP contribution in [-0.2, 0) is 16.8 Å². The summed E-state index contributed by atoms with van der Waals surface area (Å²) in [5.74, 6) is 0.0116. The zero-order valence-electron chi connectivity index (χ0n) is 13.5. The summed E-state index contributed by atoms with van der Waals surface area (Å²) in [4.78, 5) is 12.3. The van der Waals surface area contributed by atoms with Crippen LogP contribution in [0.5, 0.6) is 0 Å². The van der Waals surface area contributed by atoms with E-state index in [1.54, 1.807) is 11.3 Å². The summed E-state index contributed by atoms with van der Waals surface area (Å²) in [6, 6.07) is 0. The Hall–Kier alpha value is -0.720. The molecule has 0 saturated carbocycles. The topological polar surface area (TPSA) is 80.9 Å². The molecule has 0 aliphatic rings. The van der Waals surface area contributed by atoms with Gasteiger partial charge in [-0.05, 0) is 12.8 Å². The lowest BCUT2D eigenvalue weighted by atomic mass is 9.81. The third-order valence-corrected chi connectivity index (χ3v) is 5.08. The van der Waals surface area contributed by atoms with E-state index in [1.165, 1.54) is 0 Å². The second kappa shape index (κ2) is 8.06. The summed E-state index contributed by atoms with van der Waals surface area (Å²) in [5.41, 5.74) is 5.31. The van der Waals surface area contributed by atoms with Gasteiger partial charge in [0.1, 0.15) is 10.0 Å². The van der Waals surface area contributed by atoms with Crippen molar-refractivity contribution >= 4 is 29.7 Å². The van der Waals surface area contributed by atoms with Gasteiger partial charge in [0.15, 0.2) is 0 Å². The van der Waals surface area contributed by atoms with Crippen LogP contribution in [0.3, 0.4) is 0 Å². The van der Waals surface area contributed by atoms with Crippen LogP contribution in [0.1, 0.15) is 57.5 Å². The number of hydrogen-bond donors (Lipinski definition) is 2. The van der Waals surface area contributed by atoms with E-state index in [1.807, 2.05) is 13.8 Å². The highest BCUT2D eigenvalue weighted by Crippen LogP contribution is 2.27. The monoisotopic (exact) mass is 334 g/mol. The maximum absolute atomic E-state index is 12.3. The van der Waals surface area contributed by atoms with Gasteiger partial charge in [-0.3, -0.25) is 4.79 Å². The molecule has 0 fully saturated rings. The Labute approximate surface area is 137 Å². The van der Waals surface area contributed by atoms with Crippen LogP contribution in [0.15, 0.2) is 0 Å². The van der Waals surface area contributed by atoms with Gasteiger partial charge in [-0.2, -0.15) is 0 Å². The number of rotatable bonds is 6. The Balaban J connectivity index is 0.00000400. The van der Waals surface area contributed by atoms with Gasteiger partial charge in [0.25, 0.3) is 0 Å². The first kappa shape index (κ1) is 20.3. The van der Waals surface area contributed by atoms with Gasteiger partial charge in [0.05, 0.1) is 12.0 Å². The van der Waals surface area contributed by atoms with Gasteiger partial charge in [-0.15, -0.1) is 22.6 Å². The molecule has 0 saturated heterocycles. The maximum atomic E-state index is 12.3. The van der Waals surface area contributed by atoms with Crippen molar-refractivity contribution in [1.82, 2.24) is 15.5 Å². The fraction of sp³-hybridized carbons (Fsp3) is 0.786. The highest BCUT2D eigenvalue weighted by molar-refractivity contribution is 7.11. The van der Waals surface area contributed by atoms with E-state index in [0.29, 0.717) is 13.1 Å². The molecule has 1 amide bonds. The minimum Gasteiger partial charge on any atom is -0.349 e. The Kier molecular flexibility index (Phi) is 7.78. The number of nitrogens with zero attached hydrogens (tertiary/aromatic N) is 2. The van der Waals surface area contributed by atoms with Crippen molar-refractivity contribution < 1.29 is 4.79 Å². The first-order chi connectivity index (χ1) is 9.29. The van der Waals surface area contributed by atoms with Crippen LogP contribution in [0, 0.1) is 5.41 Å². The number of nitrogens with one attached hydrogen (secondary N) is 1. The van der Waals surface area contributed by atoms with Crippen LogP contribution in [-0.4, -0.2) is 22.6 Å². The predicted molar refractivity (Wildman–Crippen MR) is 89.8 cm³/mol. The molecule has 21 heavy (non-hydrogen) atoms. The van der Waals surface area contributed by atoms with Crippen molar-refractivity contribution in [2.45, 2.75) is 59.4 Å². The summed E-state index contributed by atoms with van der Waals surface area (Å²) in [6.07, 6.45) is 1.49. The molecule has 0 aromatic carbocycles. The largest absolute Gasteiger partial charge is 0.349 e. The molecule has 1 heterocycles. The lowest BCUT2D eigenvalue weighted by Crippen LogP contribution is -2.45. The van der Waals surface area contributed by atoms with Gasteiger partial charge >= 0.3 is 0 Å². The summed E-state index contributed by atoms with van der Waals surface area (Å²) < 4.78 is 0. The van der Waals surface area contributed by atoms with Gasteiger partial charge in [0, 0.05) is 12.0 Å². The van der Waals surface area contributed by atoms with Crippen LogP contribution >= 0.6 is 23.7 Å². The molecule has 5 nitrogen and oxygen atoms in total. The minimum absolute atomic E-state index is 0. The van der Waals surface area contributed by atoms with Gasteiger partial charge in [-0.1, -0.05) is 46.0 Å². The van der Waals surface area contributed by atoms with Crippen molar-refractivity contribution in [2.24, 2.45) is 11.1 Å². The molecule has 0 spiro atoms. The van der Waals surface area contributed by atoms with E-state index in [4.69, 9.17) is 5.73 Å². The average molecular weight is 335 g/mol. The zero-order valence-corrected chi connectivity index (χ0v) is 15.2. The SMILES string of the molecule is CCC(CC)(CN)C(=O)NCc1nnc(C(C)(C)C)s1.Cl. The Bertz CT molecular complexity index is 444. The average Bonchev–Trinajstić information content (AvgIpc) is 2.88. The highest BCUT2D eigenvalue weighted by Gasteiger charge is 2.33. The minimum atomic E-state index is -0.461. The molecule has 0 aliphatic heterocycles. The van der Waals surface area contributed by atoms with E-state index >= 15 is 0 Å². The molecule has 0 radical (unpaired) electrons.